The monoisotopic (exact) mass is 293 g/mol. The van der Waals surface area contributed by atoms with Gasteiger partial charge in [0, 0.05) is 18.2 Å². The third kappa shape index (κ3) is 2.77. The average Bonchev–Trinajstić information content (AvgIpc) is 3.39. The number of nitrogens with zero attached hydrogens (tertiary/aromatic N) is 4. The summed E-state index contributed by atoms with van der Waals surface area (Å²) in [5.41, 5.74) is 5.27. The molecule has 1 aromatic rings. The molecule has 6 heteroatoms. The lowest BCUT2D eigenvalue weighted by atomic mass is 10.0. The SMILES string of the molecule is N#CC(C#N)=NNc1ccc2c(c1)CCCN2C(=O)C1CC1. The van der Waals surface area contributed by atoms with Gasteiger partial charge in [-0.3, -0.25) is 10.2 Å². The van der Waals surface area contributed by atoms with E-state index in [0.717, 1.165) is 43.5 Å². The van der Waals surface area contributed by atoms with Gasteiger partial charge in [-0.2, -0.15) is 15.6 Å². The smallest absolute Gasteiger partial charge is 0.237 e. The van der Waals surface area contributed by atoms with Crippen LogP contribution in [0.15, 0.2) is 23.3 Å². The first-order valence-corrected chi connectivity index (χ1v) is 7.31. The van der Waals surface area contributed by atoms with Crippen LogP contribution < -0.4 is 10.3 Å². The molecule has 0 atom stereocenters. The lowest BCUT2D eigenvalue weighted by Crippen LogP contribution is -2.36. The minimum Gasteiger partial charge on any atom is -0.312 e. The van der Waals surface area contributed by atoms with Gasteiger partial charge in [-0.15, -0.1) is 0 Å². The molecule has 110 valence electrons. The summed E-state index contributed by atoms with van der Waals surface area (Å²) >= 11 is 0. The zero-order valence-corrected chi connectivity index (χ0v) is 12.0. The van der Waals surface area contributed by atoms with Crippen molar-refractivity contribution in [3.63, 3.8) is 0 Å². The number of carbonyl (C=O) groups excluding carboxylic acids is 1. The van der Waals surface area contributed by atoms with Crippen LogP contribution in [0.25, 0.3) is 0 Å². The Balaban J connectivity index is 1.81. The van der Waals surface area contributed by atoms with E-state index in [9.17, 15) is 4.79 Å². The van der Waals surface area contributed by atoms with Crippen molar-refractivity contribution in [3.8, 4) is 12.1 Å². The van der Waals surface area contributed by atoms with Crippen LogP contribution in [-0.2, 0) is 11.2 Å². The third-order valence-corrected chi connectivity index (χ3v) is 3.90. The largest absolute Gasteiger partial charge is 0.312 e. The predicted molar refractivity (Wildman–Crippen MR) is 82.1 cm³/mol. The first-order valence-electron chi connectivity index (χ1n) is 7.31. The average molecular weight is 293 g/mol. The van der Waals surface area contributed by atoms with Gasteiger partial charge < -0.3 is 4.90 Å². The quantitative estimate of drug-likeness (QED) is 0.683. The van der Waals surface area contributed by atoms with Crippen molar-refractivity contribution in [3.05, 3.63) is 23.8 Å². The van der Waals surface area contributed by atoms with E-state index >= 15 is 0 Å². The molecule has 1 aliphatic carbocycles. The molecule has 0 bridgehead atoms. The summed E-state index contributed by atoms with van der Waals surface area (Å²) in [7, 11) is 0. The van der Waals surface area contributed by atoms with Crippen molar-refractivity contribution in [1.82, 2.24) is 0 Å². The Kier molecular flexibility index (Phi) is 3.76. The van der Waals surface area contributed by atoms with E-state index in [4.69, 9.17) is 10.5 Å². The summed E-state index contributed by atoms with van der Waals surface area (Å²) in [5.74, 6) is 0.443. The zero-order chi connectivity index (χ0) is 15.5. The second-order valence-corrected chi connectivity index (χ2v) is 5.51. The molecule has 0 radical (unpaired) electrons. The Hall–Kier alpha value is -2.86. The number of nitriles is 2. The normalized spacial score (nSPS) is 16.0. The maximum Gasteiger partial charge on any atom is 0.237 e. The molecule has 2 aliphatic rings. The third-order valence-electron chi connectivity index (χ3n) is 3.90. The predicted octanol–water partition coefficient (Wildman–Crippen LogP) is 2.19. The number of nitrogens with one attached hydrogen (secondary N) is 1. The van der Waals surface area contributed by atoms with Crippen molar-refractivity contribution in [1.29, 1.82) is 10.5 Å². The topological polar surface area (TPSA) is 92.3 Å². The van der Waals surface area contributed by atoms with Crippen molar-refractivity contribution >= 4 is 23.0 Å². The second-order valence-electron chi connectivity index (χ2n) is 5.51. The molecule has 1 aliphatic heterocycles. The maximum atomic E-state index is 12.3. The van der Waals surface area contributed by atoms with Crippen molar-refractivity contribution in [2.75, 3.05) is 16.9 Å². The molecule has 1 saturated carbocycles. The van der Waals surface area contributed by atoms with Crippen LogP contribution in [0.3, 0.4) is 0 Å². The minimum atomic E-state index is -0.219. The first-order chi connectivity index (χ1) is 10.7. The molecule has 3 rings (SSSR count). The van der Waals surface area contributed by atoms with Gasteiger partial charge in [0.25, 0.3) is 0 Å². The van der Waals surface area contributed by atoms with Crippen LogP contribution in [0.4, 0.5) is 11.4 Å². The van der Waals surface area contributed by atoms with E-state index in [1.807, 2.05) is 23.1 Å². The van der Waals surface area contributed by atoms with Crippen LogP contribution in [-0.4, -0.2) is 18.2 Å². The van der Waals surface area contributed by atoms with Gasteiger partial charge in [-0.1, -0.05) is 0 Å². The molecule has 1 fully saturated rings. The maximum absolute atomic E-state index is 12.3. The fraction of sp³-hybridized carbons (Fsp3) is 0.375. The Morgan fingerprint density at radius 1 is 1.32 bits per heavy atom. The number of rotatable bonds is 3. The molecule has 0 unspecified atom stereocenters. The molecule has 6 nitrogen and oxygen atoms in total. The zero-order valence-electron chi connectivity index (χ0n) is 12.0. The van der Waals surface area contributed by atoms with E-state index in [2.05, 4.69) is 10.5 Å². The van der Waals surface area contributed by atoms with Crippen LogP contribution in [0.5, 0.6) is 0 Å². The highest BCUT2D eigenvalue weighted by molar-refractivity contribution is 6.10. The molecular weight excluding hydrogens is 278 g/mol. The number of hydrazone groups is 1. The van der Waals surface area contributed by atoms with Gasteiger partial charge in [0.2, 0.25) is 11.6 Å². The van der Waals surface area contributed by atoms with E-state index in [1.165, 1.54) is 0 Å². The first kappa shape index (κ1) is 14.1. The summed E-state index contributed by atoms with van der Waals surface area (Å²) in [4.78, 5) is 14.2. The fourth-order valence-corrected chi connectivity index (χ4v) is 2.64. The van der Waals surface area contributed by atoms with Crippen LogP contribution in [0, 0.1) is 28.6 Å². The number of hydrogen-bond acceptors (Lipinski definition) is 5. The number of aryl methyl sites for hydroxylation is 1. The van der Waals surface area contributed by atoms with Crippen LogP contribution >= 0.6 is 0 Å². The van der Waals surface area contributed by atoms with E-state index in [1.54, 1.807) is 12.1 Å². The van der Waals surface area contributed by atoms with Gasteiger partial charge in [0.15, 0.2) is 0 Å². The van der Waals surface area contributed by atoms with Gasteiger partial charge in [0.05, 0.1) is 5.69 Å². The summed E-state index contributed by atoms with van der Waals surface area (Å²) in [6.07, 6.45) is 3.86. The highest BCUT2D eigenvalue weighted by Gasteiger charge is 2.35. The van der Waals surface area contributed by atoms with E-state index in [0.29, 0.717) is 5.69 Å². The molecule has 1 amide bonds. The Morgan fingerprint density at radius 2 is 2.09 bits per heavy atom. The van der Waals surface area contributed by atoms with Gasteiger partial charge in [0.1, 0.15) is 12.1 Å². The Bertz CT molecular complexity index is 705. The molecule has 0 saturated heterocycles. The van der Waals surface area contributed by atoms with Crippen molar-refractivity contribution in [2.45, 2.75) is 25.7 Å². The molecule has 1 N–H and O–H groups in total. The Labute approximate surface area is 128 Å². The number of benzene rings is 1. The molecule has 1 heterocycles. The van der Waals surface area contributed by atoms with Gasteiger partial charge in [-0.05, 0) is 49.4 Å². The van der Waals surface area contributed by atoms with E-state index < -0.39 is 0 Å². The molecule has 22 heavy (non-hydrogen) atoms. The second kappa shape index (κ2) is 5.87. The fourth-order valence-electron chi connectivity index (χ4n) is 2.64. The van der Waals surface area contributed by atoms with E-state index in [-0.39, 0.29) is 17.5 Å². The Morgan fingerprint density at radius 3 is 2.77 bits per heavy atom. The lowest BCUT2D eigenvalue weighted by Gasteiger charge is -2.30. The van der Waals surface area contributed by atoms with Crippen molar-refractivity contribution < 1.29 is 4.79 Å². The van der Waals surface area contributed by atoms with Crippen molar-refractivity contribution in [2.24, 2.45) is 11.0 Å². The van der Waals surface area contributed by atoms with Crippen LogP contribution in [0.1, 0.15) is 24.8 Å². The summed E-state index contributed by atoms with van der Waals surface area (Å²) < 4.78 is 0. The number of hydrogen-bond donors (Lipinski definition) is 1. The summed E-state index contributed by atoms with van der Waals surface area (Å²) in [5, 5.41) is 21.1. The van der Waals surface area contributed by atoms with Gasteiger partial charge in [-0.25, -0.2) is 0 Å². The minimum absolute atomic E-state index is 0.210. The standard InChI is InChI=1S/C16H15N5O/c17-9-14(10-18)20-19-13-5-6-15-12(8-13)2-1-7-21(15)16(22)11-3-4-11/h5-6,8,11,19H,1-4,7H2. The summed E-state index contributed by atoms with van der Waals surface area (Å²) in [6, 6.07) is 9.05. The highest BCUT2D eigenvalue weighted by atomic mass is 16.2. The number of anilines is 2. The molecular formula is C16H15N5O. The number of fused-ring (bicyclic) bond motifs is 1. The molecule has 0 spiro atoms. The highest BCUT2D eigenvalue weighted by Crippen LogP contribution is 2.36. The molecule has 1 aromatic carbocycles. The number of carbonyl (C=O) groups is 1. The number of amides is 1. The lowest BCUT2D eigenvalue weighted by molar-refractivity contribution is -0.119. The van der Waals surface area contributed by atoms with Gasteiger partial charge >= 0.3 is 0 Å². The summed E-state index contributed by atoms with van der Waals surface area (Å²) in [6.45, 7) is 0.778. The molecule has 0 aromatic heterocycles. The van der Waals surface area contributed by atoms with Crippen LogP contribution in [0.2, 0.25) is 0 Å².